The molecule has 2 saturated heterocycles. The third kappa shape index (κ3) is 3.61. The second-order valence-corrected chi connectivity index (χ2v) is 7.65. The van der Waals surface area contributed by atoms with Gasteiger partial charge in [-0.3, -0.25) is 4.79 Å². The Morgan fingerprint density at radius 1 is 1.03 bits per heavy atom. The van der Waals surface area contributed by atoms with Gasteiger partial charge in [0.05, 0.1) is 17.3 Å². The van der Waals surface area contributed by atoms with Gasteiger partial charge in [0.1, 0.15) is 5.82 Å². The second-order valence-electron chi connectivity index (χ2n) is 7.65. The van der Waals surface area contributed by atoms with Crippen LogP contribution in [0.25, 0.3) is 22.8 Å². The molecule has 0 radical (unpaired) electrons. The van der Waals surface area contributed by atoms with E-state index in [4.69, 9.17) is 4.42 Å². The van der Waals surface area contributed by atoms with Crippen LogP contribution in [0.5, 0.6) is 0 Å². The molecule has 1 aromatic heterocycles. The second kappa shape index (κ2) is 8.58. The number of halogens is 2. The molecule has 0 saturated carbocycles. The van der Waals surface area contributed by atoms with Crippen LogP contribution in [0.15, 0.2) is 59.1 Å². The van der Waals surface area contributed by atoms with Crippen LogP contribution in [-0.4, -0.2) is 41.0 Å². The number of nitrogens with zero attached hydrogens (tertiary/aromatic N) is 2. The van der Waals surface area contributed by atoms with Crippen LogP contribution in [0.3, 0.4) is 0 Å². The first-order chi connectivity index (χ1) is 14.2. The molecule has 7 heteroatoms. The Morgan fingerprint density at radius 3 is 2.60 bits per heavy atom. The minimum absolute atomic E-state index is 0. The summed E-state index contributed by atoms with van der Waals surface area (Å²) in [5, 5.41) is 3.43. The predicted molar refractivity (Wildman–Crippen MR) is 115 cm³/mol. The Hall–Kier alpha value is -2.70. The highest BCUT2D eigenvalue weighted by atomic mass is 35.5. The average molecular weight is 428 g/mol. The summed E-state index contributed by atoms with van der Waals surface area (Å²) in [5.74, 6) is 0.322. The molecule has 156 valence electrons. The molecule has 2 bridgehead atoms. The Bertz CT molecular complexity index is 1040. The molecule has 1 amide bonds. The molecule has 2 aliphatic rings. The minimum atomic E-state index is -0.367. The zero-order valence-corrected chi connectivity index (χ0v) is 17.2. The molecule has 2 aliphatic heterocycles. The van der Waals surface area contributed by atoms with Gasteiger partial charge in [-0.2, -0.15) is 0 Å². The largest absolute Gasteiger partial charge is 0.436 e. The summed E-state index contributed by atoms with van der Waals surface area (Å²) in [6.45, 7) is 1.78. The van der Waals surface area contributed by atoms with Crippen molar-refractivity contribution in [3.8, 4) is 22.8 Å². The third-order valence-corrected chi connectivity index (χ3v) is 5.92. The highest BCUT2D eigenvalue weighted by Gasteiger charge is 2.39. The number of oxazole rings is 1. The summed E-state index contributed by atoms with van der Waals surface area (Å²) in [4.78, 5) is 19.9. The highest BCUT2D eigenvalue weighted by molar-refractivity contribution is 6.00. The lowest BCUT2D eigenvalue weighted by molar-refractivity contribution is 0.0681. The van der Waals surface area contributed by atoms with E-state index in [9.17, 15) is 9.18 Å². The van der Waals surface area contributed by atoms with Gasteiger partial charge >= 0.3 is 0 Å². The lowest BCUT2D eigenvalue weighted by Crippen LogP contribution is -2.42. The Kier molecular flexibility index (Phi) is 5.88. The predicted octanol–water partition coefficient (Wildman–Crippen LogP) is 4.54. The van der Waals surface area contributed by atoms with E-state index in [-0.39, 0.29) is 36.2 Å². The number of benzene rings is 2. The molecule has 3 heterocycles. The lowest BCUT2D eigenvalue weighted by atomic mass is 10.0. The molecule has 2 unspecified atom stereocenters. The first-order valence-corrected chi connectivity index (χ1v) is 10.1. The van der Waals surface area contributed by atoms with Crippen LogP contribution in [-0.2, 0) is 0 Å². The first-order valence-electron chi connectivity index (χ1n) is 10.1. The van der Waals surface area contributed by atoms with Crippen molar-refractivity contribution in [2.24, 2.45) is 0 Å². The van der Waals surface area contributed by atoms with Crippen molar-refractivity contribution in [2.75, 3.05) is 13.1 Å². The number of aromatic nitrogens is 1. The Morgan fingerprint density at radius 2 is 1.77 bits per heavy atom. The van der Waals surface area contributed by atoms with E-state index in [2.05, 4.69) is 10.3 Å². The van der Waals surface area contributed by atoms with Crippen LogP contribution in [0.1, 0.15) is 29.6 Å². The molecule has 30 heavy (non-hydrogen) atoms. The third-order valence-electron chi connectivity index (χ3n) is 5.92. The van der Waals surface area contributed by atoms with E-state index in [0.29, 0.717) is 28.3 Å². The Labute approximate surface area is 180 Å². The van der Waals surface area contributed by atoms with E-state index in [1.807, 2.05) is 29.2 Å². The summed E-state index contributed by atoms with van der Waals surface area (Å²) < 4.78 is 20.0. The fourth-order valence-electron chi connectivity index (χ4n) is 4.49. The molecule has 3 aromatic rings. The molecule has 5 rings (SSSR count). The van der Waals surface area contributed by atoms with Gasteiger partial charge in [-0.25, -0.2) is 9.37 Å². The van der Waals surface area contributed by atoms with E-state index < -0.39 is 0 Å². The van der Waals surface area contributed by atoms with E-state index in [1.165, 1.54) is 12.3 Å². The van der Waals surface area contributed by atoms with Gasteiger partial charge in [-0.05, 0) is 50.1 Å². The van der Waals surface area contributed by atoms with Gasteiger partial charge in [-0.1, -0.05) is 24.3 Å². The van der Waals surface area contributed by atoms with Crippen LogP contribution in [0.2, 0.25) is 0 Å². The molecule has 0 spiro atoms. The van der Waals surface area contributed by atoms with Crippen LogP contribution in [0.4, 0.5) is 4.39 Å². The maximum absolute atomic E-state index is 14.1. The Balaban J connectivity index is 0.00000218. The zero-order valence-electron chi connectivity index (χ0n) is 16.4. The zero-order chi connectivity index (χ0) is 19.8. The van der Waals surface area contributed by atoms with Crippen molar-refractivity contribution >= 4 is 18.3 Å². The van der Waals surface area contributed by atoms with Gasteiger partial charge < -0.3 is 14.6 Å². The van der Waals surface area contributed by atoms with Crippen molar-refractivity contribution in [3.63, 3.8) is 0 Å². The van der Waals surface area contributed by atoms with Gasteiger partial charge in [0.25, 0.3) is 5.91 Å². The summed E-state index contributed by atoms with van der Waals surface area (Å²) >= 11 is 0. The summed E-state index contributed by atoms with van der Waals surface area (Å²) in [6.07, 6.45) is 4.56. The number of rotatable bonds is 3. The minimum Gasteiger partial charge on any atom is -0.436 e. The molecular weight excluding hydrogens is 405 g/mol. The molecule has 5 nitrogen and oxygen atoms in total. The van der Waals surface area contributed by atoms with Crippen LogP contribution < -0.4 is 5.32 Å². The fraction of sp³-hybridized carbons (Fsp3) is 0.304. The number of nitrogens with one attached hydrogen (secondary N) is 1. The van der Waals surface area contributed by atoms with Crippen molar-refractivity contribution in [1.29, 1.82) is 0 Å². The van der Waals surface area contributed by atoms with Crippen LogP contribution >= 0.6 is 12.4 Å². The van der Waals surface area contributed by atoms with Gasteiger partial charge in [0.15, 0.2) is 5.76 Å². The maximum Gasteiger partial charge on any atom is 0.255 e. The normalized spacial score (nSPS) is 20.5. The number of fused-ring (bicyclic) bond motifs is 2. The van der Waals surface area contributed by atoms with Crippen LogP contribution in [0, 0.1) is 5.82 Å². The highest BCUT2D eigenvalue weighted by Crippen LogP contribution is 2.33. The molecule has 0 aliphatic carbocycles. The SMILES string of the molecule is Cl.O=C(c1ccccc1-c1ncc(-c2ccccc2F)o1)N1C2CCNCC1CC2. The average Bonchev–Trinajstić information content (AvgIpc) is 3.31. The summed E-state index contributed by atoms with van der Waals surface area (Å²) in [5.41, 5.74) is 1.57. The van der Waals surface area contributed by atoms with E-state index in [1.54, 1.807) is 18.2 Å². The fourth-order valence-corrected chi connectivity index (χ4v) is 4.49. The maximum atomic E-state index is 14.1. The van der Waals surface area contributed by atoms with Crippen molar-refractivity contribution in [3.05, 3.63) is 66.1 Å². The number of carbonyl (C=O) groups excluding carboxylic acids is 1. The van der Waals surface area contributed by atoms with E-state index >= 15 is 0 Å². The van der Waals surface area contributed by atoms with Gasteiger partial charge in [0.2, 0.25) is 5.89 Å². The number of hydrogen-bond donors (Lipinski definition) is 1. The van der Waals surface area contributed by atoms with Gasteiger partial charge in [-0.15, -0.1) is 12.4 Å². The van der Waals surface area contributed by atoms with Gasteiger partial charge in [0, 0.05) is 24.2 Å². The van der Waals surface area contributed by atoms with Crippen molar-refractivity contribution < 1.29 is 13.6 Å². The quantitative estimate of drug-likeness (QED) is 0.666. The lowest BCUT2D eigenvalue weighted by Gasteiger charge is -2.28. The van der Waals surface area contributed by atoms with Crippen molar-refractivity contribution in [2.45, 2.75) is 31.3 Å². The standard InChI is InChI=1S/C23H22FN3O2.ClH/c24-20-8-4-3-7-19(20)21-14-26-22(29-21)17-5-1-2-6-18(17)23(28)27-15-9-10-16(27)13-25-12-11-15;/h1-8,14-16,25H,9-13H2;1H. The summed E-state index contributed by atoms with van der Waals surface area (Å²) in [6, 6.07) is 14.3. The molecule has 1 N–H and O–H groups in total. The van der Waals surface area contributed by atoms with Crippen molar-refractivity contribution in [1.82, 2.24) is 15.2 Å². The number of amides is 1. The monoisotopic (exact) mass is 427 g/mol. The van der Waals surface area contributed by atoms with E-state index in [0.717, 1.165) is 32.4 Å². The molecule has 2 fully saturated rings. The molecular formula is C23H23ClFN3O2. The molecule has 2 aromatic carbocycles. The smallest absolute Gasteiger partial charge is 0.255 e. The molecule has 2 atom stereocenters. The summed E-state index contributed by atoms with van der Waals surface area (Å²) in [7, 11) is 0. The topological polar surface area (TPSA) is 58.4 Å². The number of carbonyl (C=O) groups is 1. The first kappa shape index (κ1) is 20.6. The number of hydrogen-bond acceptors (Lipinski definition) is 4.